The molecule has 1 aromatic carbocycles. The van der Waals surface area contributed by atoms with Crippen LogP contribution in [0.1, 0.15) is 17.3 Å². The highest BCUT2D eigenvalue weighted by molar-refractivity contribution is 5.94. The standard InChI is InChI=1S/C12H14F2N2O.ClH/c1-8-7-15-4-5-16(8)12(17)9-2-3-10(13)11(14)6-9;/h2-3,6,8,15H,4-5,7H2,1H3;1H/t8-;/m0./s1. The molecule has 0 aromatic heterocycles. The van der Waals surface area contributed by atoms with Crippen molar-refractivity contribution >= 4 is 18.3 Å². The van der Waals surface area contributed by atoms with E-state index < -0.39 is 11.6 Å². The van der Waals surface area contributed by atoms with Crippen molar-refractivity contribution in [2.24, 2.45) is 0 Å². The van der Waals surface area contributed by atoms with Crippen LogP contribution in [0.4, 0.5) is 8.78 Å². The molecule has 1 fully saturated rings. The van der Waals surface area contributed by atoms with Crippen LogP contribution in [0.2, 0.25) is 0 Å². The fraction of sp³-hybridized carbons (Fsp3) is 0.417. The quantitative estimate of drug-likeness (QED) is 0.849. The van der Waals surface area contributed by atoms with Crippen molar-refractivity contribution in [3.05, 3.63) is 35.4 Å². The second-order valence-electron chi connectivity index (χ2n) is 4.18. The Morgan fingerprint density at radius 2 is 2.11 bits per heavy atom. The number of benzene rings is 1. The number of carbonyl (C=O) groups is 1. The van der Waals surface area contributed by atoms with Gasteiger partial charge in [-0.2, -0.15) is 0 Å². The number of hydrogen-bond acceptors (Lipinski definition) is 2. The van der Waals surface area contributed by atoms with E-state index in [0.717, 1.165) is 25.2 Å². The molecule has 0 radical (unpaired) electrons. The topological polar surface area (TPSA) is 32.3 Å². The van der Waals surface area contributed by atoms with Crippen molar-refractivity contribution in [1.29, 1.82) is 0 Å². The van der Waals surface area contributed by atoms with Crippen LogP contribution in [0.5, 0.6) is 0 Å². The van der Waals surface area contributed by atoms with Crippen LogP contribution in [0.25, 0.3) is 0 Å². The number of hydrogen-bond donors (Lipinski definition) is 1. The van der Waals surface area contributed by atoms with Gasteiger partial charge in [-0.1, -0.05) is 0 Å². The number of piperazine rings is 1. The first kappa shape index (κ1) is 14.9. The summed E-state index contributed by atoms with van der Waals surface area (Å²) in [6.07, 6.45) is 0. The van der Waals surface area contributed by atoms with Crippen LogP contribution in [0.3, 0.4) is 0 Å². The Morgan fingerprint density at radius 3 is 2.72 bits per heavy atom. The molecule has 3 nitrogen and oxygen atoms in total. The van der Waals surface area contributed by atoms with Crippen molar-refractivity contribution < 1.29 is 13.6 Å². The second-order valence-corrected chi connectivity index (χ2v) is 4.18. The molecule has 1 N–H and O–H groups in total. The number of amides is 1. The first-order valence-corrected chi connectivity index (χ1v) is 5.56. The van der Waals surface area contributed by atoms with E-state index in [1.54, 1.807) is 4.90 Å². The van der Waals surface area contributed by atoms with E-state index in [4.69, 9.17) is 0 Å². The molecule has 1 aliphatic rings. The van der Waals surface area contributed by atoms with E-state index in [2.05, 4.69) is 5.32 Å². The highest BCUT2D eigenvalue weighted by atomic mass is 35.5. The van der Waals surface area contributed by atoms with Gasteiger partial charge in [-0.05, 0) is 25.1 Å². The van der Waals surface area contributed by atoms with Gasteiger partial charge in [0.1, 0.15) is 0 Å². The van der Waals surface area contributed by atoms with E-state index in [-0.39, 0.29) is 29.9 Å². The lowest BCUT2D eigenvalue weighted by molar-refractivity contribution is 0.0655. The van der Waals surface area contributed by atoms with Gasteiger partial charge >= 0.3 is 0 Å². The minimum Gasteiger partial charge on any atom is -0.333 e. The molecule has 1 atom stereocenters. The molecule has 0 unspecified atom stereocenters. The summed E-state index contributed by atoms with van der Waals surface area (Å²) in [5, 5.41) is 3.16. The van der Waals surface area contributed by atoms with Gasteiger partial charge < -0.3 is 10.2 Å². The number of carbonyl (C=O) groups excluding carboxylic acids is 1. The molecule has 0 bridgehead atoms. The van der Waals surface area contributed by atoms with Gasteiger partial charge in [-0.25, -0.2) is 8.78 Å². The van der Waals surface area contributed by atoms with Gasteiger partial charge in [0, 0.05) is 31.2 Å². The van der Waals surface area contributed by atoms with Gasteiger partial charge in [0.2, 0.25) is 0 Å². The molecular weight excluding hydrogens is 262 g/mol. The van der Waals surface area contributed by atoms with Gasteiger partial charge in [-0.15, -0.1) is 12.4 Å². The molecule has 1 aliphatic heterocycles. The Kier molecular flexibility index (Phi) is 5.04. The molecule has 2 rings (SSSR count). The Bertz CT molecular complexity index is 442. The third-order valence-corrected chi connectivity index (χ3v) is 2.93. The normalized spacial score (nSPS) is 19.3. The van der Waals surface area contributed by atoms with E-state index in [0.29, 0.717) is 6.54 Å². The number of rotatable bonds is 1. The monoisotopic (exact) mass is 276 g/mol. The summed E-state index contributed by atoms with van der Waals surface area (Å²) in [5.74, 6) is -2.17. The van der Waals surface area contributed by atoms with Crippen LogP contribution in [0.15, 0.2) is 18.2 Å². The minimum absolute atomic E-state index is 0. The van der Waals surface area contributed by atoms with Crippen molar-refractivity contribution in [1.82, 2.24) is 10.2 Å². The molecule has 0 spiro atoms. The summed E-state index contributed by atoms with van der Waals surface area (Å²) in [5.41, 5.74) is 0.192. The lowest BCUT2D eigenvalue weighted by Gasteiger charge is -2.34. The molecule has 1 aromatic rings. The molecule has 100 valence electrons. The fourth-order valence-electron chi connectivity index (χ4n) is 1.94. The highest BCUT2D eigenvalue weighted by Crippen LogP contribution is 2.13. The minimum atomic E-state index is -0.987. The van der Waals surface area contributed by atoms with Crippen molar-refractivity contribution in [3.8, 4) is 0 Å². The maximum Gasteiger partial charge on any atom is 0.254 e. The molecule has 18 heavy (non-hydrogen) atoms. The molecule has 1 saturated heterocycles. The Labute approximate surface area is 111 Å². The first-order valence-electron chi connectivity index (χ1n) is 5.56. The van der Waals surface area contributed by atoms with Crippen molar-refractivity contribution in [3.63, 3.8) is 0 Å². The summed E-state index contributed by atoms with van der Waals surface area (Å²) in [7, 11) is 0. The van der Waals surface area contributed by atoms with Crippen molar-refractivity contribution in [2.75, 3.05) is 19.6 Å². The molecule has 6 heteroatoms. The summed E-state index contributed by atoms with van der Waals surface area (Å²) >= 11 is 0. The maximum atomic E-state index is 13.0. The van der Waals surface area contributed by atoms with Gasteiger partial charge in [-0.3, -0.25) is 4.79 Å². The molecule has 1 heterocycles. The van der Waals surface area contributed by atoms with Crippen molar-refractivity contribution in [2.45, 2.75) is 13.0 Å². The Morgan fingerprint density at radius 1 is 1.39 bits per heavy atom. The molecule has 0 aliphatic carbocycles. The first-order chi connectivity index (χ1) is 8.09. The van der Waals surface area contributed by atoms with Gasteiger partial charge in [0.15, 0.2) is 11.6 Å². The average molecular weight is 277 g/mol. The van der Waals surface area contributed by atoms with E-state index in [9.17, 15) is 13.6 Å². The summed E-state index contributed by atoms with van der Waals surface area (Å²) in [4.78, 5) is 13.8. The lowest BCUT2D eigenvalue weighted by Crippen LogP contribution is -2.52. The molecule has 0 saturated carbocycles. The third-order valence-electron chi connectivity index (χ3n) is 2.93. The van der Waals surface area contributed by atoms with E-state index in [1.807, 2.05) is 6.92 Å². The van der Waals surface area contributed by atoms with Gasteiger partial charge in [0.25, 0.3) is 5.91 Å². The fourth-order valence-corrected chi connectivity index (χ4v) is 1.94. The van der Waals surface area contributed by atoms with Crippen LogP contribution in [-0.4, -0.2) is 36.5 Å². The van der Waals surface area contributed by atoms with E-state index in [1.165, 1.54) is 6.07 Å². The van der Waals surface area contributed by atoms with Crippen LogP contribution in [-0.2, 0) is 0 Å². The zero-order valence-electron chi connectivity index (χ0n) is 9.95. The zero-order chi connectivity index (χ0) is 12.4. The lowest BCUT2D eigenvalue weighted by atomic mass is 10.1. The summed E-state index contributed by atoms with van der Waals surface area (Å²) < 4.78 is 25.8. The van der Waals surface area contributed by atoms with Gasteiger partial charge in [0.05, 0.1) is 0 Å². The number of halogens is 3. The average Bonchev–Trinajstić information content (AvgIpc) is 2.32. The van der Waals surface area contributed by atoms with Crippen LogP contribution in [0, 0.1) is 11.6 Å². The molecular formula is C12H15ClF2N2O. The summed E-state index contributed by atoms with van der Waals surface area (Å²) in [6.45, 7) is 3.94. The number of nitrogens with zero attached hydrogens (tertiary/aromatic N) is 1. The van der Waals surface area contributed by atoms with Crippen LogP contribution >= 0.6 is 12.4 Å². The highest BCUT2D eigenvalue weighted by Gasteiger charge is 2.24. The third kappa shape index (κ3) is 2.97. The summed E-state index contributed by atoms with van der Waals surface area (Å²) in [6, 6.07) is 3.31. The van der Waals surface area contributed by atoms with E-state index >= 15 is 0 Å². The largest absolute Gasteiger partial charge is 0.333 e. The predicted molar refractivity (Wildman–Crippen MR) is 67.0 cm³/mol. The Balaban J connectivity index is 0.00000162. The molecule has 1 amide bonds. The Hall–Kier alpha value is -1.20. The second kappa shape index (κ2) is 6.11. The predicted octanol–water partition coefficient (Wildman–Crippen LogP) is 1.82. The van der Waals surface area contributed by atoms with Crippen LogP contribution < -0.4 is 5.32 Å². The smallest absolute Gasteiger partial charge is 0.254 e. The SMILES string of the molecule is C[C@H]1CNCCN1C(=O)c1ccc(F)c(F)c1.Cl. The number of nitrogens with one attached hydrogen (secondary N) is 1. The maximum absolute atomic E-state index is 13.0. The zero-order valence-corrected chi connectivity index (χ0v) is 10.8.